The number of carbonyl (C=O) groups is 1. The molecule has 0 aliphatic heterocycles. The van der Waals surface area contributed by atoms with Gasteiger partial charge in [-0.2, -0.15) is 0 Å². The summed E-state index contributed by atoms with van der Waals surface area (Å²) in [6, 6.07) is 5.27. The first-order chi connectivity index (χ1) is 6.63. The van der Waals surface area contributed by atoms with Gasteiger partial charge in [-0.1, -0.05) is 11.6 Å². The number of ether oxygens (including phenoxy) is 1. The SMILES string of the molecule is COCC(=O)Nc1ccc(Cl)cc1I. The lowest BCUT2D eigenvalue weighted by atomic mass is 10.3. The number of nitrogens with one attached hydrogen (secondary N) is 1. The van der Waals surface area contributed by atoms with E-state index in [1.807, 2.05) is 0 Å². The van der Waals surface area contributed by atoms with E-state index in [9.17, 15) is 4.79 Å². The van der Waals surface area contributed by atoms with E-state index < -0.39 is 0 Å². The quantitative estimate of drug-likeness (QED) is 0.867. The molecule has 0 aromatic heterocycles. The fourth-order valence-corrected chi connectivity index (χ4v) is 1.91. The molecule has 0 bridgehead atoms. The van der Waals surface area contributed by atoms with Crippen LogP contribution in [0.4, 0.5) is 5.69 Å². The summed E-state index contributed by atoms with van der Waals surface area (Å²) in [7, 11) is 1.48. The molecule has 1 N–H and O–H groups in total. The number of amides is 1. The minimum Gasteiger partial charge on any atom is -0.375 e. The zero-order valence-electron chi connectivity index (χ0n) is 7.51. The largest absolute Gasteiger partial charge is 0.375 e. The fourth-order valence-electron chi connectivity index (χ4n) is 0.908. The second-order valence-electron chi connectivity index (χ2n) is 2.61. The number of halogens is 2. The third kappa shape index (κ3) is 3.43. The van der Waals surface area contributed by atoms with Crippen LogP contribution in [0, 0.1) is 3.57 Å². The Morgan fingerprint density at radius 3 is 2.93 bits per heavy atom. The highest BCUT2D eigenvalue weighted by Crippen LogP contribution is 2.22. The van der Waals surface area contributed by atoms with Crippen LogP contribution in [-0.4, -0.2) is 19.6 Å². The van der Waals surface area contributed by atoms with Gasteiger partial charge in [0, 0.05) is 15.7 Å². The molecule has 5 heteroatoms. The Kier molecular flexibility index (Phi) is 4.64. The van der Waals surface area contributed by atoms with Crippen molar-refractivity contribution in [3.63, 3.8) is 0 Å². The number of hydrogen-bond donors (Lipinski definition) is 1. The van der Waals surface area contributed by atoms with Crippen molar-refractivity contribution in [2.24, 2.45) is 0 Å². The number of anilines is 1. The fraction of sp³-hybridized carbons (Fsp3) is 0.222. The van der Waals surface area contributed by atoms with Gasteiger partial charge < -0.3 is 10.1 Å². The van der Waals surface area contributed by atoms with Crippen LogP contribution in [-0.2, 0) is 9.53 Å². The zero-order chi connectivity index (χ0) is 10.6. The third-order valence-corrected chi connectivity index (χ3v) is 2.61. The van der Waals surface area contributed by atoms with Gasteiger partial charge in [0.15, 0.2) is 0 Å². The molecule has 3 nitrogen and oxygen atoms in total. The number of carbonyl (C=O) groups excluding carboxylic acids is 1. The molecule has 0 spiro atoms. The Morgan fingerprint density at radius 2 is 2.36 bits per heavy atom. The van der Waals surface area contributed by atoms with E-state index in [2.05, 4.69) is 27.9 Å². The topological polar surface area (TPSA) is 38.3 Å². The van der Waals surface area contributed by atoms with Crippen LogP contribution in [0.25, 0.3) is 0 Å². The van der Waals surface area contributed by atoms with Gasteiger partial charge >= 0.3 is 0 Å². The van der Waals surface area contributed by atoms with E-state index in [1.54, 1.807) is 18.2 Å². The molecule has 0 aliphatic rings. The average molecular weight is 326 g/mol. The van der Waals surface area contributed by atoms with Crippen molar-refractivity contribution < 1.29 is 9.53 Å². The molecule has 0 fully saturated rings. The predicted octanol–water partition coefficient (Wildman–Crippen LogP) is 2.53. The van der Waals surface area contributed by atoms with E-state index in [4.69, 9.17) is 16.3 Å². The molecule has 0 saturated heterocycles. The lowest BCUT2D eigenvalue weighted by molar-refractivity contribution is -0.119. The summed E-state index contributed by atoms with van der Waals surface area (Å²) in [5.74, 6) is -0.173. The van der Waals surface area contributed by atoms with Crippen molar-refractivity contribution in [3.8, 4) is 0 Å². The minimum atomic E-state index is -0.173. The highest BCUT2D eigenvalue weighted by molar-refractivity contribution is 14.1. The van der Waals surface area contributed by atoms with E-state index in [0.29, 0.717) is 5.02 Å². The van der Waals surface area contributed by atoms with E-state index in [1.165, 1.54) is 7.11 Å². The smallest absolute Gasteiger partial charge is 0.250 e. The molecule has 0 aliphatic carbocycles. The number of methoxy groups -OCH3 is 1. The van der Waals surface area contributed by atoms with Crippen LogP contribution in [0.3, 0.4) is 0 Å². The lowest BCUT2D eigenvalue weighted by Gasteiger charge is -2.06. The first-order valence-corrected chi connectivity index (χ1v) is 5.33. The van der Waals surface area contributed by atoms with Crippen LogP contribution in [0.1, 0.15) is 0 Å². The Bertz CT molecular complexity index is 344. The van der Waals surface area contributed by atoms with Crippen molar-refractivity contribution in [1.82, 2.24) is 0 Å². The summed E-state index contributed by atoms with van der Waals surface area (Å²) in [6.07, 6.45) is 0. The number of benzene rings is 1. The predicted molar refractivity (Wildman–Crippen MR) is 64.7 cm³/mol. The van der Waals surface area contributed by atoms with Gasteiger partial charge in [0.2, 0.25) is 5.91 Å². The first kappa shape index (κ1) is 11.7. The van der Waals surface area contributed by atoms with Gasteiger partial charge in [0.25, 0.3) is 0 Å². The molecule has 14 heavy (non-hydrogen) atoms. The minimum absolute atomic E-state index is 0.0543. The average Bonchev–Trinajstić information content (AvgIpc) is 2.10. The van der Waals surface area contributed by atoms with Gasteiger partial charge in [-0.25, -0.2) is 0 Å². The van der Waals surface area contributed by atoms with Gasteiger partial charge in [0.1, 0.15) is 6.61 Å². The van der Waals surface area contributed by atoms with Crippen LogP contribution >= 0.6 is 34.2 Å². The maximum Gasteiger partial charge on any atom is 0.250 e. The molecular formula is C9H9ClINO2. The molecule has 1 aromatic carbocycles. The Labute approximate surface area is 101 Å². The number of hydrogen-bond acceptors (Lipinski definition) is 2. The molecule has 0 saturated carbocycles. The maximum atomic E-state index is 11.2. The van der Waals surface area contributed by atoms with Crippen molar-refractivity contribution in [1.29, 1.82) is 0 Å². The van der Waals surface area contributed by atoms with Crippen molar-refractivity contribution in [3.05, 3.63) is 26.8 Å². The van der Waals surface area contributed by atoms with Crippen LogP contribution in [0.5, 0.6) is 0 Å². The zero-order valence-corrected chi connectivity index (χ0v) is 10.4. The molecule has 0 unspecified atom stereocenters. The standard InChI is InChI=1S/C9H9ClINO2/c1-14-5-9(13)12-8-3-2-6(10)4-7(8)11/h2-4H,5H2,1H3,(H,12,13). The molecule has 0 heterocycles. The molecule has 1 amide bonds. The molecule has 76 valence electrons. The van der Waals surface area contributed by atoms with E-state index in [0.717, 1.165) is 9.26 Å². The second kappa shape index (κ2) is 5.53. The van der Waals surface area contributed by atoms with Crippen molar-refractivity contribution in [2.75, 3.05) is 19.0 Å². The summed E-state index contributed by atoms with van der Waals surface area (Å²) >= 11 is 7.88. The molecule has 0 radical (unpaired) electrons. The number of rotatable bonds is 3. The van der Waals surface area contributed by atoms with Crippen LogP contribution < -0.4 is 5.32 Å². The Balaban J connectivity index is 2.72. The van der Waals surface area contributed by atoms with Crippen molar-refractivity contribution in [2.45, 2.75) is 0 Å². The summed E-state index contributed by atoms with van der Waals surface area (Å²) in [6.45, 7) is 0.0543. The lowest BCUT2D eigenvalue weighted by Crippen LogP contribution is -2.17. The Hall–Kier alpha value is -0.330. The molecular weight excluding hydrogens is 316 g/mol. The summed E-state index contributed by atoms with van der Waals surface area (Å²) < 4.78 is 5.60. The summed E-state index contributed by atoms with van der Waals surface area (Å²) in [5.41, 5.74) is 0.747. The normalized spacial score (nSPS) is 9.93. The summed E-state index contributed by atoms with van der Waals surface area (Å²) in [5, 5.41) is 3.36. The second-order valence-corrected chi connectivity index (χ2v) is 4.20. The van der Waals surface area contributed by atoms with Crippen molar-refractivity contribution >= 4 is 45.8 Å². The Morgan fingerprint density at radius 1 is 1.64 bits per heavy atom. The van der Waals surface area contributed by atoms with Gasteiger partial charge in [-0.15, -0.1) is 0 Å². The monoisotopic (exact) mass is 325 g/mol. The van der Waals surface area contributed by atoms with Crippen LogP contribution in [0.15, 0.2) is 18.2 Å². The van der Waals surface area contributed by atoms with Gasteiger partial charge in [-0.05, 0) is 40.8 Å². The van der Waals surface area contributed by atoms with Crippen LogP contribution in [0.2, 0.25) is 5.02 Å². The van der Waals surface area contributed by atoms with E-state index in [-0.39, 0.29) is 12.5 Å². The maximum absolute atomic E-state index is 11.2. The third-order valence-electron chi connectivity index (χ3n) is 1.48. The highest BCUT2D eigenvalue weighted by Gasteiger charge is 2.04. The van der Waals surface area contributed by atoms with E-state index >= 15 is 0 Å². The highest BCUT2D eigenvalue weighted by atomic mass is 127. The van der Waals surface area contributed by atoms with Gasteiger partial charge in [-0.3, -0.25) is 4.79 Å². The molecule has 1 aromatic rings. The van der Waals surface area contributed by atoms with Gasteiger partial charge in [0.05, 0.1) is 5.69 Å². The summed E-state index contributed by atoms with van der Waals surface area (Å²) in [4.78, 5) is 11.2. The molecule has 1 rings (SSSR count). The first-order valence-electron chi connectivity index (χ1n) is 3.87. The molecule has 0 atom stereocenters.